The van der Waals surface area contributed by atoms with Crippen molar-refractivity contribution in [3.63, 3.8) is 0 Å². The van der Waals surface area contributed by atoms with Crippen LogP contribution >= 0.6 is 14.3 Å². The molecule has 10 aromatic heterocycles. The second-order valence-electron chi connectivity index (χ2n) is 34.6. The van der Waals surface area contributed by atoms with Crippen LogP contribution in [0, 0.1) is 0 Å². The number of para-hydroxylation sites is 7. The molecule has 29 aromatic rings. The van der Waals surface area contributed by atoms with Gasteiger partial charge in [0.2, 0.25) is 0 Å². The summed E-state index contributed by atoms with van der Waals surface area (Å²) in [7, 11) is -6.30. The largest absolute Gasteiger partial charge is 0.455 e. The summed E-state index contributed by atoms with van der Waals surface area (Å²) < 4.78 is 69.2. The summed E-state index contributed by atoms with van der Waals surface area (Å²) >= 11 is 0. The SMILES string of the molecule is O=P(c1ccccc1)(c1ccccc1)c1ccc(-c2nc3c(ccc4c5ccccc5oc43)c3oc4ccccc4c23)cc1.O=P(c1ccccc1)(c1ccccc1)c1cccc(-c2nc3c(ccc4c5ccccc5oc43)c3oc4ccccc4c23)c1.c1cc(-c2cc3cc4ccccc4nc3c3ccccc23)cc(-c2nc3c(ccc4c5ccccc5oc43)c3oc4ccccc4c23)c1. The molecule has 12 nitrogen and oxygen atoms in total. The maximum absolute atomic E-state index is 15.3. The molecule has 19 aromatic carbocycles. The summed E-state index contributed by atoms with van der Waals surface area (Å²) in [6.45, 7) is 0. The van der Waals surface area contributed by atoms with E-state index in [2.05, 4.69) is 158 Å². The van der Waals surface area contributed by atoms with Crippen molar-refractivity contribution in [2.45, 2.75) is 0 Å². The van der Waals surface area contributed by atoms with E-state index in [-0.39, 0.29) is 0 Å². The standard InChI is InChI=1S/C44H24N2O2.2C39H24NO3P/c1-6-17-36-26(10-1)23-28-24-35(29-13-2-3-15-31(29)40(28)45-36)25-11-9-12-27(22-25)41-39-33-16-5-8-19-38(33)47-43(39)34-21-20-32-30-14-4-7-18-37(30)48-44(32)42(34)46-41;41-44(26-13-3-1-4-14-26,27-15-5-2-6-16-27)28-17-11-12-25(24-28)36-35-31-19-8-10-21-34(31)42-38(35)32-23-22-30-29-18-7-9-20-33(29)43-39(30)37(32)40-36;41-44(26-11-3-1-4-12-26,27-13-5-2-6-14-27)28-21-19-25(20-22-28)36-35-31-16-8-10-18-34(31)42-38(35)32-24-23-30-29-15-7-9-17-33(29)43-39(30)37(32)40-36/h1-24H;2*1-24H. The molecule has 136 heavy (non-hydrogen) atoms. The minimum Gasteiger partial charge on any atom is -0.455 e. The Morgan fingerprint density at radius 1 is 0.176 bits per heavy atom. The summed E-state index contributed by atoms with van der Waals surface area (Å²) in [5.74, 6) is 0. The van der Waals surface area contributed by atoms with Gasteiger partial charge >= 0.3 is 0 Å². The number of pyridine rings is 4. The molecule has 10 heterocycles. The second kappa shape index (κ2) is 31.1. The van der Waals surface area contributed by atoms with Gasteiger partial charge in [-0.15, -0.1) is 0 Å². The lowest BCUT2D eigenvalue weighted by atomic mass is 9.93. The molecule has 638 valence electrons. The molecule has 0 N–H and O–H groups in total. The molecule has 0 aliphatic rings. The van der Waals surface area contributed by atoms with Gasteiger partial charge in [-0.25, -0.2) is 19.9 Å². The van der Waals surface area contributed by atoms with Gasteiger partial charge in [0.1, 0.15) is 66.8 Å². The molecule has 0 unspecified atom stereocenters. The molecular formula is C122H72N4O8P2. The number of aromatic nitrogens is 4. The van der Waals surface area contributed by atoms with Gasteiger partial charge in [0, 0.05) is 129 Å². The lowest BCUT2D eigenvalue weighted by Crippen LogP contribution is -2.25. The molecule has 0 saturated carbocycles. The first-order valence-electron chi connectivity index (χ1n) is 45.3. The fourth-order valence-electron chi connectivity index (χ4n) is 20.6. The van der Waals surface area contributed by atoms with Crippen LogP contribution in [0.3, 0.4) is 0 Å². The lowest BCUT2D eigenvalue weighted by molar-refractivity contribution is 0.591. The van der Waals surface area contributed by atoms with Crippen LogP contribution in [0.2, 0.25) is 0 Å². The van der Waals surface area contributed by atoms with Gasteiger partial charge in [-0.05, 0) is 120 Å². The van der Waals surface area contributed by atoms with E-state index in [1.54, 1.807) is 0 Å². The monoisotopic (exact) mass is 1780 g/mol. The first-order chi connectivity index (χ1) is 67.2. The molecule has 0 fully saturated rings. The smallest absolute Gasteiger partial charge is 0.171 e. The van der Waals surface area contributed by atoms with Crippen molar-refractivity contribution in [3.8, 4) is 44.9 Å². The average molecular weight is 1780 g/mol. The van der Waals surface area contributed by atoms with Crippen molar-refractivity contribution in [2.24, 2.45) is 0 Å². The topological polar surface area (TPSA) is 165 Å². The van der Waals surface area contributed by atoms with E-state index in [1.807, 2.05) is 279 Å². The van der Waals surface area contributed by atoms with E-state index in [1.165, 1.54) is 5.39 Å². The van der Waals surface area contributed by atoms with Gasteiger partial charge < -0.3 is 35.6 Å². The molecular weight excluding hydrogens is 1710 g/mol. The summed E-state index contributed by atoms with van der Waals surface area (Å²) in [4.78, 5) is 21.2. The number of rotatable bonds is 10. The normalized spacial score (nSPS) is 12.2. The molecule has 29 rings (SSSR count). The molecule has 0 aliphatic heterocycles. The van der Waals surface area contributed by atoms with Gasteiger partial charge in [-0.3, -0.25) is 0 Å². The van der Waals surface area contributed by atoms with Crippen molar-refractivity contribution in [2.75, 3.05) is 0 Å². The molecule has 0 aliphatic carbocycles. The van der Waals surface area contributed by atoms with Gasteiger partial charge in [0.15, 0.2) is 31.0 Å². The van der Waals surface area contributed by atoms with Gasteiger partial charge in [-0.2, -0.15) is 0 Å². The zero-order chi connectivity index (χ0) is 89.9. The highest BCUT2D eigenvalue weighted by atomic mass is 31.2. The van der Waals surface area contributed by atoms with E-state index < -0.39 is 14.3 Å². The van der Waals surface area contributed by atoms with Crippen LogP contribution in [-0.2, 0) is 9.13 Å². The van der Waals surface area contributed by atoms with E-state index in [0.29, 0.717) is 0 Å². The first kappa shape index (κ1) is 78.4. The Morgan fingerprint density at radius 3 is 0.919 bits per heavy atom. The number of hydrogen-bond donors (Lipinski definition) is 0. The second-order valence-corrected chi connectivity index (χ2v) is 40.1. The van der Waals surface area contributed by atoms with Gasteiger partial charge in [0.05, 0.1) is 44.3 Å². The highest BCUT2D eigenvalue weighted by molar-refractivity contribution is 7.85. The Bertz CT molecular complexity index is 10000. The summed E-state index contributed by atoms with van der Waals surface area (Å²) in [6.07, 6.45) is 0. The minimum absolute atomic E-state index is 0.725. The third kappa shape index (κ3) is 12.3. The van der Waals surface area contributed by atoms with E-state index in [9.17, 15) is 4.57 Å². The first-order valence-corrected chi connectivity index (χ1v) is 48.7. The zero-order valence-electron chi connectivity index (χ0n) is 72.5. The number of hydrogen-bond acceptors (Lipinski definition) is 12. The van der Waals surface area contributed by atoms with Crippen molar-refractivity contribution in [1.82, 2.24) is 19.9 Å². The number of fused-ring (bicyclic) bond motifs is 31. The maximum Gasteiger partial charge on any atom is 0.171 e. The van der Waals surface area contributed by atoms with Crippen molar-refractivity contribution < 1.29 is 35.6 Å². The maximum atomic E-state index is 15.3. The molecule has 0 bridgehead atoms. The molecule has 0 atom stereocenters. The van der Waals surface area contributed by atoms with Crippen LogP contribution < -0.4 is 31.8 Å². The third-order valence-electron chi connectivity index (χ3n) is 26.9. The highest BCUT2D eigenvalue weighted by Gasteiger charge is 2.34. The Kier molecular flexibility index (Phi) is 18.0. The Hall–Kier alpha value is -17.4. The summed E-state index contributed by atoms with van der Waals surface area (Å²) in [5, 5.41) is 24.1. The Labute approximate surface area is 775 Å². The van der Waals surface area contributed by atoms with Crippen LogP contribution in [0.25, 0.3) is 242 Å². The fourth-order valence-corrected chi connectivity index (χ4v) is 25.9. The number of benzene rings is 19. The van der Waals surface area contributed by atoms with E-state index in [4.69, 9.17) is 46.4 Å². The third-order valence-corrected chi connectivity index (χ3v) is 33.0. The van der Waals surface area contributed by atoms with Crippen LogP contribution in [0.1, 0.15) is 0 Å². The van der Waals surface area contributed by atoms with Crippen LogP contribution in [0.15, 0.2) is 463 Å². The van der Waals surface area contributed by atoms with Gasteiger partial charge in [-0.1, -0.05) is 334 Å². The van der Waals surface area contributed by atoms with Crippen LogP contribution in [-0.4, -0.2) is 19.9 Å². The quantitative estimate of drug-likeness (QED) is 0.0724. The van der Waals surface area contributed by atoms with Crippen molar-refractivity contribution >= 4 is 243 Å². The molecule has 0 radical (unpaired) electrons. The fraction of sp³-hybridized carbons (Fsp3) is 0. The average Bonchev–Trinajstić information content (AvgIpc) is 1.58. The number of furan rings is 6. The van der Waals surface area contributed by atoms with Crippen molar-refractivity contribution in [1.29, 1.82) is 0 Å². The zero-order valence-corrected chi connectivity index (χ0v) is 74.3. The van der Waals surface area contributed by atoms with E-state index >= 15 is 4.57 Å². The number of nitrogens with zero attached hydrogens (tertiary/aromatic N) is 4. The highest BCUT2D eigenvalue weighted by Crippen LogP contribution is 2.51. The van der Waals surface area contributed by atoms with Crippen LogP contribution in [0.5, 0.6) is 0 Å². The molecule has 0 amide bonds. The van der Waals surface area contributed by atoms with Crippen LogP contribution in [0.4, 0.5) is 0 Å². The summed E-state index contributed by atoms with van der Waals surface area (Å²) in [5.41, 5.74) is 21.3. The molecule has 14 heteroatoms. The van der Waals surface area contributed by atoms with Gasteiger partial charge in [0.25, 0.3) is 0 Å². The molecule has 0 spiro atoms. The summed E-state index contributed by atoms with van der Waals surface area (Å²) in [6, 6.07) is 146. The predicted octanol–water partition coefficient (Wildman–Crippen LogP) is 30.9. The molecule has 0 saturated heterocycles. The Morgan fingerprint density at radius 2 is 0.485 bits per heavy atom. The van der Waals surface area contributed by atoms with E-state index in [0.717, 1.165) is 268 Å². The predicted molar refractivity (Wildman–Crippen MR) is 560 cm³/mol. The minimum atomic E-state index is -3.19. The Balaban J connectivity index is 0.000000104. The van der Waals surface area contributed by atoms with Crippen molar-refractivity contribution in [3.05, 3.63) is 437 Å². The lowest BCUT2D eigenvalue weighted by Gasteiger charge is -2.20.